The Balaban J connectivity index is 2.14. The predicted octanol–water partition coefficient (Wildman–Crippen LogP) is 2.84. The molecule has 0 unspecified atom stereocenters. The molecule has 0 fully saturated rings. The second-order valence-corrected chi connectivity index (χ2v) is 5.65. The number of aliphatic hydroxyl groups is 1. The number of methoxy groups -OCH3 is 1. The van der Waals surface area contributed by atoms with Gasteiger partial charge in [0.1, 0.15) is 5.75 Å². The van der Waals surface area contributed by atoms with Gasteiger partial charge in [-0.25, -0.2) is 4.98 Å². The Hall–Kier alpha value is -1.59. The summed E-state index contributed by atoms with van der Waals surface area (Å²) in [6.45, 7) is 2.88. The summed E-state index contributed by atoms with van der Waals surface area (Å²) >= 11 is 1.55. The first kappa shape index (κ1) is 14.8. The van der Waals surface area contributed by atoms with Crippen molar-refractivity contribution < 1.29 is 9.84 Å². The van der Waals surface area contributed by atoms with E-state index in [2.05, 4.69) is 22.9 Å². The zero-order chi connectivity index (χ0) is 14.5. The van der Waals surface area contributed by atoms with E-state index in [1.807, 2.05) is 25.2 Å². The quantitative estimate of drug-likeness (QED) is 0.889. The molecule has 0 aliphatic rings. The van der Waals surface area contributed by atoms with Crippen molar-refractivity contribution in [1.82, 2.24) is 4.98 Å². The maximum Gasteiger partial charge on any atom is 0.185 e. The average Bonchev–Trinajstić information content (AvgIpc) is 2.90. The van der Waals surface area contributed by atoms with E-state index in [4.69, 9.17) is 4.74 Å². The number of nitrogens with zero attached hydrogens (tertiary/aromatic N) is 2. The minimum atomic E-state index is 0.0633. The van der Waals surface area contributed by atoms with Gasteiger partial charge in [0.15, 0.2) is 5.13 Å². The van der Waals surface area contributed by atoms with E-state index < -0.39 is 0 Å². The third-order valence-corrected chi connectivity index (χ3v) is 4.32. The van der Waals surface area contributed by atoms with Crippen molar-refractivity contribution in [2.45, 2.75) is 26.5 Å². The molecule has 0 aliphatic carbocycles. The SMILES string of the molecule is CCc1nc(N(C)Cc2cccc(OC)c2)sc1CO. The zero-order valence-electron chi connectivity index (χ0n) is 12.1. The molecule has 0 saturated carbocycles. The summed E-state index contributed by atoms with van der Waals surface area (Å²) in [5, 5.41) is 10.3. The molecular weight excluding hydrogens is 272 g/mol. The standard InChI is InChI=1S/C15H20N2O2S/c1-4-13-14(10-18)20-15(16-13)17(2)9-11-6-5-7-12(8-11)19-3/h5-8,18H,4,9-10H2,1-3H3. The van der Waals surface area contributed by atoms with Crippen LogP contribution in [0.5, 0.6) is 5.75 Å². The average molecular weight is 292 g/mol. The molecule has 4 nitrogen and oxygen atoms in total. The number of aromatic nitrogens is 1. The van der Waals surface area contributed by atoms with Crippen molar-refractivity contribution in [2.24, 2.45) is 0 Å². The van der Waals surface area contributed by atoms with Gasteiger partial charge >= 0.3 is 0 Å². The minimum Gasteiger partial charge on any atom is -0.497 e. The molecule has 0 saturated heterocycles. The van der Waals surface area contributed by atoms with Gasteiger partial charge in [0, 0.05) is 13.6 Å². The van der Waals surface area contributed by atoms with Crippen molar-refractivity contribution in [3.8, 4) is 5.75 Å². The Bertz CT molecular complexity index is 547. The highest BCUT2D eigenvalue weighted by molar-refractivity contribution is 7.15. The second-order valence-electron chi connectivity index (χ2n) is 4.59. The van der Waals surface area contributed by atoms with E-state index in [1.54, 1.807) is 18.4 Å². The lowest BCUT2D eigenvalue weighted by molar-refractivity contribution is 0.284. The summed E-state index contributed by atoms with van der Waals surface area (Å²) in [5.74, 6) is 0.861. The molecule has 2 rings (SSSR count). The normalized spacial score (nSPS) is 10.6. The number of rotatable bonds is 6. The molecule has 0 bridgehead atoms. The lowest BCUT2D eigenvalue weighted by Gasteiger charge is -2.16. The molecule has 1 aromatic heterocycles. The van der Waals surface area contributed by atoms with Gasteiger partial charge in [0.2, 0.25) is 0 Å². The number of ether oxygens (including phenoxy) is 1. The van der Waals surface area contributed by atoms with E-state index in [-0.39, 0.29) is 6.61 Å². The van der Waals surface area contributed by atoms with Crippen LogP contribution >= 0.6 is 11.3 Å². The van der Waals surface area contributed by atoms with Gasteiger partial charge in [-0.1, -0.05) is 30.4 Å². The van der Waals surface area contributed by atoms with Gasteiger partial charge in [0.05, 0.1) is 24.3 Å². The molecule has 0 aliphatic heterocycles. The molecule has 2 aromatic rings. The fourth-order valence-electron chi connectivity index (χ4n) is 2.05. The fraction of sp³-hybridized carbons (Fsp3) is 0.400. The van der Waals surface area contributed by atoms with Crippen LogP contribution in [0.3, 0.4) is 0 Å². The number of hydrogen-bond acceptors (Lipinski definition) is 5. The van der Waals surface area contributed by atoms with Gasteiger partial charge in [-0.3, -0.25) is 0 Å². The molecule has 20 heavy (non-hydrogen) atoms. The first-order valence-corrected chi connectivity index (χ1v) is 7.43. The maximum atomic E-state index is 9.34. The Morgan fingerprint density at radius 1 is 1.40 bits per heavy atom. The Kier molecular flexibility index (Phi) is 4.98. The smallest absolute Gasteiger partial charge is 0.185 e. The van der Waals surface area contributed by atoms with Crippen LogP contribution in [0, 0.1) is 0 Å². The third kappa shape index (κ3) is 3.29. The number of anilines is 1. The summed E-state index contributed by atoms with van der Waals surface area (Å²) < 4.78 is 5.24. The van der Waals surface area contributed by atoms with Gasteiger partial charge in [-0.15, -0.1) is 0 Å². The van der Waals surface area contributed by atoms with Crippen LogP contribution in [0.1, 0.15) is 23.1 Å². The number of aryl methyl sites for hydroxylation is 1. The fourth-order valence-corrected chi connectivity index (χ4v) is 3.01. The zero-order valence-corrected chi connectivity index (χ0v) is 12.9. The Morgan fingerprint density at radius 2 is 2.20 bits per heavy atom. The van der Waals surface area contributed by atoms with Gasteiger partial charge in [-0.2, -0.15) is 0 Å². The maximum absolute atomic E-state index is 9.34. The second kappa shape index (κ2) is 6.72. The van der Waals surface area contributed by atoms with Crippen molar-refractivity contribution >= 4 is 16.5 Å². The summed E-state index contributed by atoms with van der Waals surface area (Å²) in [5.41, 5.74) is 2.16. The van der Waals surface area contributed by atoms with Gasteiger partial charge in [-0.05, 0) is 24.1 Å². The van der Waals surface area contributed by atoms with Crippen molar-refractivity contribution in [3.63, 3.8) is 0 Å². The van der Waals surface area contributed by atoms with E-state index in [0.717, 1.165) is 34.4 Å². The van der Waals surface area contributed by atoms with E-state index in [1.165, 1.54) is 5.56 Å². The molecule has 0 atom stereocenters. The molecule has 0 spiro atoms. The highest BCUT2D eigenvalue weighted by Gasteiger charge is 2.12. The number of thiazole rings is 1. The molecule has 1 N–H and O–H groups in total. The van der Waals surface area contributed by atoms with Crippen LogP contribution in [0.15, 0.2) is 24.3 Å². The summed E-state index contributed by atoms with van der Waals surface area (Å²) in [7, 11) is 3.68. The minimum absolute atomic E-state index is 0.0633. The third-order valence-electron chi connectivity index (χ3n) is 3.13. The van der Waals surface area contributed by atoms with Crippen molar-refractivity contribution in [3.05, 3.63) is 40.4 Å². The van der Waals surface area contributed by atoms with Crippen molar-refractivity contribution in [2.75, 3.05) is 19.1 Å². The van der Waals surface area contributed by atoms with Crippen LogP contribution in [-0.4, -0.2) is 24.2 Å². The lowest BCUT2D eigenvalue weighted by atomic mass is 10.2. The number of benzene rings is 1. The molecule has 1 aromatic carbocycles. The molecule has 5 heteroatoms. The van der Waals surface area contributed by atoms with Crippen LogP contribution < -0.4 is 9.64 Å². The van der Waals surface area contributed by atoms with E-state index in [0.29, 0.717) is 0 Å². The van der Waals surface area contributed by atoms with Crippen molar-refractivity contribution in [1.29, 1.82) is 0 Å². The number of aliphatic hydroxyl groups excluding tert-OH is 1. The molecular formula is C15H20N2O2S. The molecule has 108 valence electrons. The van der Waals surface area contributed by atoms with Crippen LogP contribution in [-0.2, 0) is 19.6 Å². The molecule has 0 amide bonds. The molecule has 1 heterocycles. The summed E-state index contributed by atoms with van der Waals surface area (Å²) in [6.07, 6.45) is 0.847. The van der Waals surface area contributed by atoms with Gasteiger partial charge in [0.25, 0.3) is 0 Å². The van der Waals surface area contributed by atoms with Crippen LogP contribution in [0.4, 0.5) is 5.13 Å². The van der Waals surface area contributed by atoms with Crippen LogP contribution in [0.25, 0.3) is 0 Å². The lowest BCUT2D eigenvalue weighted by Crippen LogP contribution is -2.16. The highest BCUT2D eigenvalue weighted by Crippen LogP contribution is 2.27. The largest absolute Gasteiger partial charge is 0.497 e. The first-order valence-electron chi connectivity index (χ1n) is 6.61. The topological polar surface area (TPSA) is 45.6 Å². The highest BCUT2D eigenvalue weighted by atomic mass is 32.1. The van der Waals surface area contributed by atoms with E-state index in [9.17, 15) is 5.11 Å². The Labute approximate surface area is 123 Å². The van der Waals surface area contributed by atoms with Gasteiger partial charge < -0.3 is 14.7 Å². The predicted molar refractivity (Wildman–Crippen MR) is 82.5 cm³/mol. The monoisotopic (exact) mass is 292 g/mol. The van der Waals surface area contributed by atoms with E-state index >= 15 is 0 Å². The molecule has 0 radical (unpaired) electrons. The number of hydrogen-bond donors (Lipinski definition) is 1. The van der Waals surface area contributed by atoms with Crippen LogP contribution in [0.2, 0.25) is 0 Å². The Morgan fingerprint density at radius 3 is 2.80 bits per heavy atom. The summed E-state index contributed by atoms with van der Waals surface area (Å²) in [6, 6.07) is 8.02. The first-order chi connectivity index (χ1) is 9.67. The summed E-state index contributed by atoms with van der Waals surface area (Å²) in [4.78, 5) is 7.64.